The predicted octanol–water partition coefficient (Wildman–Crippen LogP) is 2.22. The van der Waals surface area contributed by atoms with Crippen LogP contribution < -0.4 is 5.73 Å². The molecule has 4 heteroatoms. The zero-order valence-corrected chi connectivity index (χ0v) is 11.4. The molecule has 0 aliphatic carbocycles. The predicted molar refractivity (Wildman–Crippen MR) is 73.5 cm³/mol. The third kappa shape index (κ3) is 2.85. The summed E-state index contributed by atoms with van der Waals surface area (Å²) in [7, 11) is 0. The Morgan fingerprint density at radius 3 is 2.94 bits per heavy atom. The van der Waals surface area contributed by atoms with E-state index in [0.29, 0.717) is 0 Å². The molecule has 1 aliphatic heterocycles. The number of benzene rings is 1. The van der Waals surface area contributed by atoms with E-state index in [1.165, 1.54) is 0 Å². The lowest BCUT2D eigenvalue weighted by atomic mass is 10.0. The van der Waals surface area contributed by atoms with Crippen molar-refractivity contribution < 1.29 is 4.79 Å². The van der Waals surface area contributed by atoms with E-state index < -0.39 is 6.04 Å². The van der Waals surface area contributed by atoms with Crippen LogP contribution in [0.15, 0.2) is 24.3 Å². The molecule has 2 rings (SSSR count). The Labute approximate surface area is 113 Å². The van der Waals surface area contributed by atoms with Crippen molar-refractivity contribution in [2.45, 2.75) is 38.3 Å². The van der Waals surface area contributed by atoms with E-state index in [1.54, 1.807) is 6.92 Å². The molecule has 1 aromatic carbocycles. The minimum atomic E-state index is -0.420. The maximum Gasteiger partial charge on any atom is 0.239 e. The van der Waals surface area contributed by atoms with E-state index in [-0.39, 0.29) is 11.9 Å². The quantitative estimate of drug-likeness (QED) is 0.912. The number of carbonyl (C=O) groups excluding carboxylic acids is 1. The van der Waals surface area contributed by atoms with Crippen molar-refractivity contribution in [3.05, 3.63) is 34.9 Å². The van der Waals surface area contributed by atoms with Crippen LogP contribution >= 0.6 is 11.6 Å². The second-order valence-corrected chi connectivity index (χ2v) is 5.32. The van der Waals surface area contributed by atoms with Gasteiger partial charge in [0.15, 0.2) is 0 Å². The van der Waals surface area contributed by atoms with Gasteiger partial charge in [-0.25, -0.2) is 0 Å². The van der Waals surface area contributed by atoms with Crippen LogP contribution in [0.25, 0.3) is 0 Å². The Bertz CT molecular complexity index is 434. The van der Waals surface area contributed by atoms with Crippen molar-refractivity contribution in [1.29, 1.82) is 0 Å². The Balaban J connectivity index is 2.09. The van der Waals surface area contributed by atoms with Gasteiger partial charge in [-0.1, -0.05) is 29.8 Å². The van der Waals surface area contributed by atoms with E-state index in [2.05, 4.69) is 0 Å². The van der Waals surface area contributed by atoms with Crippen LogP contribution in [0.4, 0.5) is 0 Å². The van der Waals surface area contributed by atoms with Crippen molar-refractivity contribution in [3.63, 3.8) is 0 Å². The molecule has 1 heterocycles. The van der Waals surface area contributed by atoms with Crippen LogP contribution in [-0.4, -0.2) is 29.4 Å². The number of hydrogen-bond donors (Lipinski definition) is 1. The molecule has 2 N–H and O–H groups in total. The van der Waals surface area contributed by atoms with Crippen LogP contribution in [0.2, 0.25) is 5.02 Å². The van der Waals surface area contributed by atoms with Crippen LogP contribution in [0.5, 0.6) is 0 Å². The third-order valence-corrected chi connectivity index (χ3v) is 3.83. The standard InChI is InChI=1S/C14H19ClN2O/c1-10(16)14(18)17-8-4-6-12(17)9-11-5-2-3-7-13(11)15/h2-3,5,7,10,12H,4,6,8-9,16H2,1H3/t10-,12-/m0/s1. The van der Waals surface area contributed by atoms with Gasteiger partial charge < -0.3 is 10.6 Å². The number of nitrogens with two attached hydrogens (primary N) is 1. The van der Waals surface area contributed by atoms with Gasteiger partial charge in [0, 0.05) is 17.6 Å². The first-order chi connectivity index (χ1) is 8.59. The number of rotatable bonds is 3. The zero-order valence-electron chi connectivity index (χ0n) is 10.6. The monoisotopic (exact) mass is 266 g/mol. The maximum absolute atomic E-state index is 12.0. The minimum Gasteiger partial charge on any atom is -0.338 e. The number of likely N-dealkylation sites (tertiary alicyclic amines) is 1. The van der Waals surface area contributed by atoms with Crippen LogP contribution in [-0.2, 0) is 11.2 Å². The summed E-state index contributed by atoms with van der Waals surface area (Å²) in [4.78, 5) is 13.9. The van der Waals surface area contributed by atoms with Crippen molar-refractivity contribution in [2.75, 3.05) is 6.54 Å². The molecule has 0 unspecified atom stereocenters. The lowest BCUT2D eigenvalue weighted by Crippen LogP contribution is -2.45. The van der Waals surface area contributed by atoms with Gasteiger partial charge in [0.2, 0.25) is 5.91 Å². The molecular weight excluding hydrogens is 248 g/mol. The summed E-state index contributed by atoms with van der Waals surface area (Å²) in [6.07, 6.45) is 2.90. The summed E-state index contributed by atoms with van der Waals surface area (Å²) < 4.78 is 0. The molecule has 1 saturated heterocycles. The van der Waals surface area contributed by atoms with Gasteiger partial charge in [0.1, 0.15) is 0 Å². The summed E-state index contributed by atoms with van der Waals surface area (Å²) in [5.74, 6) is 0.0459. The highest BCUT2D eigenvalue weighted by atomic mass is 35.5. The largest absolute Gasteiger partial charge is 0.338 e. The Hall–Kier alpha value is -1.06. The normalized spacial score (nSPS) is 21.1. The molecule has 3 nitrogen and oxygen atoms in total. The van der Waals surface area contributed by atoms with Crippen molar-refractivity contribution >= 4 is 17.5 Å². The SMILES string of the molecule is C[C@H](N)C(=O)N1CCC[C@H]1Cc1ccccc1Cl. The van der Waals surface area contributed by atoms with Crippen molar-refractivity contribution in [3.8, 4) is 0 Å². The lowest BCUT2D eigenvalue weighted by molar-refractivity contribution is -0.132. The van der Waals surface area contributed by atoms with Crippen LogP contribution in [0, 0.1) is 0 Å². The van der Waals surface area contributed by atoms with Crippen LogP contribution in [0.3, 0.4) is 0 Å². The molecule has 0 radical (unpaired) electrons. The average Bonchev–Trinajstić information content (AvgIpc) is 2.79. The van der Waals surface area contributed by atoms with Gasteiger partial charge in [-0.05, 0) is 37.8 Å². The first-order valence-corrected chi connectivity index (χ1v) is 6.77. The highest BCUT2D eigenvalue weighted by Gasteiger charge is 2.30. The average molecular weight is 267 g/mol. The fourth-order valence-corrected chi connectivity index (χ4v) is 2.73. The molecule has 0 aromatic heterocycles. The van der Waals surface area contributed by atoms with Gasteiger partial charge in [-0.2, -0.15) is 0 Å². The summed E-state index contributed by atoms with van der Waals surface area (Å²) in [5, 5.41) is 0.776. The molecular formula is C14H19ClN2O. The molecule has 1 amide bonds. The molecule has 0 saturated carbocycles. The summed E-state index contributed by atoms with van der Waals surface area (Å²) >= 11 is 6.16. The number of amides is 1. The molecule has 0 spiro atoms. The van der Waals surface area contributed by atoms with E-state index in [4.69, 9.17) is 17.3 Å². The fraction of sp³-hybridized carbons (Fsp3) is 0.500. The number of hydrogen-bond acceptors (Lipinski definition) is 2. The Morgan fingerprint density at radius 1 is 1.56 bits per heavy atom. The van der Waals surface area contributed by atoms with E-state index in [9.17, 15) is 4.79 Å². The molecule has 1 aromatic rings. The zero-order chi connectivity index (χ0) is 13.1. The number of halogens is 1. The van der Waals surface area contributed by atoms with Crippen molar-refractivity contribution in [1.82, 2.24) is 4.90 Å². The number of carbonyl (C=O) groups is 1. The first-order valence-electron chi connectivity index (χ1n) is 6.39. The summed E-state index contributed by atoms with van der Waals surface area (Å²) in [5.41, 5.74) is 6.79. The molecule has 2 atom stereocenters. The van der Waals surface area contributed by atoms with E-state index >= 15 is 0 Å². The molecule has 1 fully saturated rings. The third-order valence-electron chi connectivity index (χ3n) is 3.46. The Kier molecular flexibility index (Phi) is 4.25. The van der Waals surface area contributed by atoms with Gasteiger partial charge in [0.25, 0.3) is 0 Å². The van der Waals surface area contributed by atoms with E-state index in [0.717, 1.165) is 36.4 Å². The topological polar surface area (TPSA) is 46.3 Å². The maximum atomic E-state index is 12.0. The molecule has 98 valence electrons. The minimum absolute atomic E-state index is 0.0459. The lowest BCUT2D eigenvalue weighted by Gasteiger charge is -2.26. The highest BCUT2D eigenvalue weighted by Crippen LogP contribution is 2.25. The van der Waals surface area contributed by atoms with Gasteiger partial charge in [0.05, 0.1) is 6.04 Å². The number of nitrogens with zero attached hydrogens (tertiary/aromatic N) is 1. The summed E-state index contributed by atoms with van der Waals surface area (Å²) in [6.45, 7) is 2.56. The molecule has 18 heavy (non-hydrogen) atoms. The molecule has 0 bridgehead atoms. The Morgan fingerprint density at radius 2 is 2.28 bits per heavy atom. The van der Waals surface area contributed by atoms with Crippen molar-refractivity contribution in [2.24, 2.45) is 5.73 Å². The highest BCUT2D eigenvalue weighted by molar-refractivity contribution is 6.31. The van der Waals surface area contributed by atoms with Gasteiger partial charge >= 0.3 is 0 Å². The summed E-state index contributed by atoms with van der Waals surface area (Å²) in [6, 6.07) is 7.64. The van der Waals surface area contributed by atoms with Gasteiger partial charge in [-0.3, -0.25) is 4.79 Å². The smallest absolute Gasteiger partial charge is 0.239 e. The second-order valence-electron chi connectivity index (χ2n) is 4.91. The van der Waals surface area contributed by atoms with Crippen LogP contribution in [0.1, 0.15) is 25.3 Å². The van der Waals surface area contributed by atoms with E-state index in [1.807, 2.05) is 29.2 Å². The van der Waals surface area contributed by atoms with Gasteiger partial charge in [-0.15, -0.1) is 0 Å². The molecule has 1 aliphatic rings. The second kappa shape index (κ2) is 5.72. The first kappa shape index (κ1) is 13.4. The fourth-order valence-electron chi connectivity index (χ4n) is 2.52.